The van der Waals surface area contributed by atoms with Gasteiger partial charge in [-0.25, -0.2) is 9.97 Å². The van der Waals surface area contributed by atoms with E-state index in [9.17, 15) is 0 Å². The Hall–Kier alpha value is -2.32. The van der Waals surface area contributed by atoms with E-state index in [1.807, 2.05) is 6.07 Å². The molecule has 5 nitrogen and oxygen atoms in total. The zero-order chi connectivity index (χ0) is 12.3. The number of anilines is 3. The van der Waals surface area contributed by atoms with Gasteiger partial charge in [0.2, 0.25) is 0 Å². The fraction of sp³-hybridized carbons (Fsp3) is 0. The molecule has 2 aromatic rings. The molecule has 0 aliphatic heterocycles. The first-order valence-corrected chi connectivity index (χ1v) is 5.11. The van der Waals surface area contributed by atoms with Crippen LogP contribution in [0.3, 0.4) is 0 Å². The molecule has 0 atom stereocenters. The summed E-state index contributed by atoms with van der Waals surface area (Å²) in [4.78, 5) is 7.97. The lowest BCUT2D eigenvalue weighted by molar-refractivity contribution is 1.27. The number of pyridine rings is 2. The summed E-state index contributed by atoms with van der Waals surface area (Å²) >= 11 is 5.67. The number of nitrogens with two attached hydrogens (primary N) is 1. The van der Waals surface area contributed by atoms with Crippen molar-refractivity contribution in [2.24, 2.45) is 0 Å². The van der Waals surface area contributed by atoms with Crippen LogP contribution in [-0.4, -0.2) is 9.97 Å². The summed E-state index contributed by atoms with van der Waals surface area (Å²) in [7, 11) is 0. The summed E-state index contributed by atoms with van der Waals surface area (Å²) in [5.41, 5.74) is 7.29. The van der Waals surface area contributed by atoms with Crippen LogP contribution < -0.4 is 11.1 Å². The Morgan fingerprint density at radius 3 is 2.71 bits per heavy atom. The van der Waals surface area contributed by atoms with Gasteiger partial charge in [-0.05, 0) is 18.2 Å². The molecule has 0 fully saturated rings. The number of hydrogen-bond donors (Lipinski definition) is 2. The SMILES string of the molecule is N#Cc1cnc(Nc2ccc(Cl)nc2)c(N)c1. The fourth-order valence-electron chi connectivity index (χ4n) is 1.23. The summed E-state index contributed by atoms with van der Waals surface area (Å²) < 4.78 is 0. The van der Waals surface area contributed by atoms with Gasteiger partial charge in [0, 0.05) is 6.20 Å². The van der Waals surface area contributed by atoms with E-state index in [1.54, 1.807) is 24.4 Å². The van der Waals surface area contributed by atoms with E-state index >= 15 is 0 Å². The zero-order valence-corrected chi connectivity index (χ0v) is 9.44. The number of rotatable bonds is 2. The molecular weight excluding hydrogens is 238 g/mol. The van der Waals surface area contributed by atoms with Crippen molar-refractivity contribution in [1.82, 2.24) is 9.97 Å². The molecule has 0 aliphatic carbocycles. The smallest absolute Gasteiger partial charge is 0.153 e. The van der Waals surface area contributed by atoms with Gasteiger partial charge in [0.25, 0.3) is 0 Å². The maximum atomic E-state index is 8.68. The van der Waals surface area contributed by atoms with Crippen molar-refractivity contribution in [2.75, 3.05) is 11.1 Å². The number of nitrogen functional groups attached to an aromatic ring is 1. The first kappa shape index (κ1) is 11.2. The molecular formula is C11H8ClN5. The lowest BCUT2D eigenvalue weighted by Crippen LogP contribution is -2.00. The molecule has 0 saturated heterocycles. The van der Waals surface area contributed by atoms with Gasteiger partial charge in [-0.3, -0.25) is 0 Å². The number of nitriles is 1. The quantitative estimate of drug-likeness (QED) is 0.793. The van der Waals surface area contributed by atoms with Crippen molar-refractivity contribution in [1.29, 1.82) is 5.26 Å². The van der Waals surface area contributed by atoms with Crippen molar-refractivity contribution in [2.45, 2.75) is 0 Å². The van der Waals surface area contributed by atoms with E-state index in [1.165, 1.54) is 6.20 Å². The third-order valence-corrected chi connectivity index (χ3v) is 2.26. The van der Waals surface area contributed by atoms with Gasteiger partial charge in [-0.1, -0.05) is 11.6 Å². The Balaban J connectivity index is 2.25. The highest BCUT2D eigenvalue weighted by atomic mass is 35.5. The normalized spacial score (nSPS) is 9.65. The molecule has 0 radical (unpaired) electrons. The minimum Gasteiger partial charge on any atom is -0.396 e. The van der Waals surface area contributed by atoms with Crippen molar-refractivity contribution < 1.29 is 0 Å². The van der Waals surface area contributed by atoms with E-state index in [0.717, 1.165) is 5.69 Å². The minimum atomic E-state index is 0.402. The Kier molecular flexibility index (Phi) is 3.08. The van der Waals surface area contributed by atoms with Crippen LogP contribution in [0.15, 0.2) is 30.6 Å². The van der Waals surface area contributed by atoms with Crippen LogP contribution in [0.2, 0.25) is 5.15 Å². The summed E-state index contributed by atoms with van der Waals surface area (Å²) in [6.07, 6.45) is 3.02. The molecule has 2 heterocycles. The average Bonchev–Trinajstić information content (AvgIpc) is 2.34. The molecule has 0 unspecified atom stereocenters. The number of halogens is 1. The van der Waals surface area contributed by atoms with Crippen molar-refractivity contribution >= 4 is 28.8 Å². The van der Waals surface area contributed by atoms with Crippen LogP contribution in [0.25, 0.3) is 0 Å². The topological polar surface area (TPSA) is 87.6 Å². The lowest BCUT2D eigenvalue weighted by atomic mass is 10.2. The predicted molar refractivity (Wildman–Crippen MR) is 65.9 cm³/mol. The molecule has 0 bridgehead atoms. The monoisotopic (exact) mass is 245 g/mol. The van der Waals surface area contributed by atoms with Crippen LogP contribution in [-0.2, 0) is 0 Å². The van der Waals surface area contributed by atoms with E-state index in [0.29, 0.717) is 22.2 Å². The van der Waals surface area contributed by atoms with E-state index in [-0.39, 0.29) is 0 Å². The molecule has 2 aromatic heterocycles. The van der Waals surface area contributed by atoms with Crippen molar-refractivity contribution in [3.8, 4) is 6.07 Å². The van der Waals surface area contributed by atoms with E-state index in [4.69, 9.17) is 22.6 Å². The highest BCUT2D eigenvalue weighted by molar-refractivity contribution is 6.29. The molecule has 3 N–H and O–H groups in total. The van der Waals surface area contributed by atoms with Crippen LogP contribution in [0.1, 0.15) is 5.56 Å². The molecule has 2 rings (SSSR count). The number of nitrogens with one attached hydrogen (secondary N) is 1. The third-order valence-electron chi connectivity index (χ3n) is 2.04. The largest absolute Gasteiger partial charge is 0.396 e. The van der Waals surface area contributed by atoms with Gasteiger partial charge in [0.1, 0.15) is 11.2 Å². The second kappa shape index (κ2) is 4.68. The van der Waals surface area contributed by atoms with Gasteiger partial charge < -0.3 is 11.1 Å². The summed E-state index contributed by atoms with van der Waals surface area (Å²) in [5, 5.41) is 12.1. The number of nitrogens with zero attached hydrogens (tertiary/aromatic N) is 3. The van der Waals surface area contributed by atoms with Crippen LogP contribution in [0, 0.1) is 11.3 Å². The second-order valence-electron chi connectivity index (χ2n) is 3.27. The van der Waals surface area contributed by atoms with Crippen LogP contribution in [0.5, 0.6) is 0 Å². The first-order chi connectivity index (χ1) is 8.19. The standard InChI is InChI=1S/C11H8ClN5/c12-10-2-1-8(6-15-10)17-11-9(14)3-7(4-13)5-16-11/h1-3,5-6H,14H2,(H,16,17). The molecule has 0 aromatic carbocycles. The van der Waals surface area contributed by atoms with Gasteiger partial charge in [-0.15, -0.1) is 0 Å². The zero-order valence-electron chi connectivity index (χ0n) is 8.68. The number of aromatic nitrogens is 2. The van der Waals surface area contributed by atoms with Gasteiger partial charge in [-0.2, -0.15) is 5.26 Å². The average molecular weight is 246 g/mol. The lowest BCUT2D eigenvalue weighted by Gasteiger charge is -2.07. The Morgan fingerprint density at radius 1 is 1.29 bits per heavy atom. The third kappa shape index (κ3) is 2.62. The Bertz CT molecular complexity index is 573. The highest BCUT2D eigenvalue weighted by Crippen LogP contribution is 2.21. The molecule has 0 amide bonds. The van der Waals surface area contributed by atoms with E-state index in [2.05, 4.69) is 15.3 Å². The first-order valence-electron chi connectivity index (χ1n) is 4.73. The summed E-state index contributed by atoms with van der Waals surface area (Å²) in [6.45, 7) is 0. The molecule has 0 spiro atoms. The van der Waals surface area contributed by atoms with Crippen molar-refractivity contribution in [3.05, 3.63) is 41.3 Å². The maximum absolute atomic E-state index is 8.68. The minimum absolute atomic E-state index is 0.402. The van der Waals surface area contributed by atoms with Crippen molar-refractivity contribution in [3.63, 3.8) is 0 Å². The highest BCUT2D eigenvalue weighted by Gasteiger charge is 2.03. The second-order valence-corrected chi connectivity index (χ2v) is 3.66. The predicted octanol–water partition coefficient (Wildman–Crippen LogP) is 2.33. The fourth-order valence-corrected chi connectivity index (χ4v) is 1.35. The molecule has 17 heavy (non-hydrogen) atoms. The molecule has 84 valence electrons. The van der Waals surface area contributed by atoms with E-state index < -0.39 is 0 Å². The van der Waals surface area contributed by atoms with Crippen LogP contribution >= 0.6 is 11.6 Å². The molecule has 6 heteroatoms. The van der Waals surface area contributed by atoms with Gasteiger partial charge in [0.05, 0.1) is 23.1 Å². The van der Waals surface area contributed by atoms with Crippen LogP contribution in [0.4, 0.5) is 17.2 Å². The van der Waals surface area contributed by atoms with Gasteiger partial charge in [0.15, 0.2) is 5.82 Å². The number of hydrogen-bond acceptors (Lipinski definition) is 5. The van der Waals surface area contributed by atoms with Gasteiger partial charge >= 0.3 is 0 Å². The summed E-state index contributed by atoms with van der Waals surface area (Å²) in [5.74, 6) is 0.480. The summed E-state index contributed by atoms with van der Waals surface area (Å²) in [6, 6.07) is 6.94. The molecule has 0 saturated carbocycles. The Labute approximate surface area is 103 Å². The molecule has 0 aliphatic rings. The maximum Gasteiger partial charge on any atom is 0.153 e. The Morgan fingerprint density at radius 2 is 2.12 bits per heavy atom.